The fourth-order valence-corrected chi connectivity index (χ4v) is 4.86. The molecule has 0 aliphatic carbocycles. The Balaban J connectivity index is 1.96. The summed E-state index contributed by atoms with van der Waals surface area (Å²) < 4.78 is 27.2. The summed E-state index contributed by atoms with van der Waals surface area (Å²) in [6.45, 7) is 7.36. The molecule has 0 radical (unpaired) electrons. The van der Waals surface area contributed by atoms with E-state index in [1.807, 2.05) is 36.1 Å². The van der Waals surface area contributed by atoms with E-state index in [9.17, 15) is 13.2 Å². The third-order valence-corrected chi connectivity index (χ3v) is 6.25. The number of nitrogens with zero attached hydrogens (tertiary/aromatic N) is 2. The van der Waals surface area contributed by atoms with E-state index < -0.39 is 10.0 Å². The van der Waals surface area contributed by atoms with Crippen molar-refractivity contribution < 1.29 is 13.2 Å². The zero-order valence-corrected chi connectivity index (χ0v) is 18.6. The molecule has 1 aliphatic rings. The predicted octanol–water partition coefficient (Wildman–Crippen LogP) is 1.19. The quantitative estimate of drug-likeness (QED) is 0.431. The highest BCUT2D eigenvalue weighted by atomic mass is 32.2. The average molecular weight is 424 g/mol. The van der Waals surface area contributed by atoms with Crippen LogP contribution < -0.4 is 15.4 Å². The molecule has 0 aromatic heterocycles. The Morgan fingerprint density at radius 1 is 1.28 bits per heavy atom. The number of carbonyl (C=O) groups is 1. The molecule has 9 heteroatoms. The fraction of sp³-hybridized carbons (Fsp3) is 0.600. The van der Waals surface area contributed by atoms with Crippen molar-refractivity contribution in [1.82, 2.24) is 20.3 Å². The molecule has 29 heavy (non-hydrogen) atoms. The van der Waals surface area contributed by atoms with Crippen LogP contribution in [0.4, 0.5) is 0 Å². The van der Waals surface area contributed by atoms with Crippen molar-refractivity contribution in [3.63, 3.8) is 0 Å². The van der Waals surface area contributed by atoms with Gasteiger partial charge < -0.3 is 15.5 Å². The molecule has 1 aliphatic heterocycles. The SMILES string of the molecule is CCC(=O)N1CCC(NC(=NC)NCc2ccccc2CS(=O)(=O)NC(C)C)C1. The first-order valence-corrected chi connectivity index (χ1v) is 11.7. The van der Waals surface area contributed by atoms with E-state index in [2.05, 4.69) is 20.3 Å². The van der Waals surface area contributed by atoms with E-state index in [1.165, 1.54) is 0 Å². The Morgan fingerprint density at radius 2 is 1.97 bits per heavy atom. The monoisotopic (exact) mass is 423 g/mol. The van der Waals surface area contributed by atoms with E-state index >= 15 is 0 Å². The number of carbonyl (C=O) groups excluding carboxylic acids is 1. The number of likely N-dealkylation sites (tertiary alicyclic amines) is 1. The summed E-state index contributed by atoms with van der Waals surface area (Å²) in [5, 5.41) is 6.61. The Hall–Kier alpha value is -2.13. The minimum atomic E-state index is -3.40. The normalized spacial score (nSPS) is 17.6. The molecule has 1 unspecified atom stereocenters. The number of guanidine groups is 1. The van der Waals surface area contributed by atoms with Gasteiger partial charge in [0.15, 0.2) is 5.96 Å². The lowest BCUT2D eigenvalue weighted by Gasteiger charge is -2.19. The number of nitrogens with one attached hydrogen (secondary N) is 3. The van der Waals surface area contributed by atoms with E-state index in [4.69, 9.17) is 0 Å². The second kappa shape index (κ2) is 10.6. The van der Waals surface area contributed by atoms with Gasteiger partial charge in [-0.3, -0.25) is 9.79 Å². The van der Waals surface area contributed by atoms with Crippen LogP contribution in [0.5, 0.6) is 0 Å². The van der Waals surface area contributed by atoms with Gasteiger partial charge in [-0.05, 0) is 31.4 Å². The maximum atomic E-state index is 12.3. The minimum Gasteiger partial charge on any atom is -0.352 e. The topological polar surface area (TPSA) is 103 Å². The zero-order valence-electron chi connectivity index (χ0n) is 17.7. The van der Waals surface area contributed by atoms with Crippen molar-refractivity contribution in [3.8, 4) is 0 Å². The van der Waals surface area contributed by atoms with Crippen LogP contribution in [0, 0.1) is 0 Å². The number of amides is 1. The molecule has 1 aromatic carbocycles. The van der Waals surface area contributed by atoms with Crippen molar-refractivity contribution in [2.45, 2.75) is 58.0 Å². The molecular formula is C20H33N5O3S. The number of benzene rings is 1. The van der Waals surface area contributed by atoms with Crippen LogP contribution in [-0.2, 0) is 27.1 Å². The molecule has 8 nitrogen and oxygen atoms in total. The van der Waals surface area contributed by atoms with Crippen LogP contribution in [0.15, 0.2) is 29.3 Å². The smallest absolute Gasteiger partial charge is 0.222 e. The highest BCUT2D eigenvalue weighted by Gasteiger charge is 2.25. The van der Waals surface area contributed by atoms with E-state index in [0.29, 0.717) is 25.5 Å². The molecule has 1 fully saturated rings. The molecule has 0 saturated carbocycles. The second-order valence-corrected chi connectivity index (χ2v) is 9.30. The third-order valence-electron chi connectivity index (χ3n) is 4.73. The maximum absolute atomic E-state index is 12.3. The van der Waals surface area contributed by atoms with Crippen LogP contribution in [0.25, 0.3) is 0 Å². The molecule has 162 valence electrons. The Kier molecular flexibility index (Phi) is 8.45. The van der Waals surface area contributed by atoms with Gasteiger partial charge in [-0.25, -0.2) is 13.1 Å². The largest absolute Gasteiger partial charge is 0.352 e. The van der Waals surface area contributed by atoms with Gasteiger partial charge >= 0.3 is 0 Å². The van der Waals surface area contributed by atoms with Gasteiger partial charge in [-0.2, -0.15) is 0 Å². The molecule has 2 rings (SSSR count). The average Bonchev–Trinajstić information content (AvgIpc) is 3.12. The number of hydrogen-bond donors (Lipinski definition) is 3. The molecule has 0 spiro atoms. The number of sulfonamides is 1. The van der Waals surface area contributed by atoms with Crippen molar-refractivity contribution in [2.75, 3.05) is 20.1 Å². The Labute approximate surface area is 174 Å². The molecule has 1 atom stereocenters. The first-order chi connectivity index (χ1) is 13.7. The first-order valence-electron chi connectivity index (χ1n) is 10.1. The van der Waals surface area contributed by atoms with Gasteiger partial charge in [-0.1, -0.05) is 31.2 Å². The number of rotatable bonds is 8. The molecule has 1 amide bonds. The van der Waals surface area contributed by atoms with Gasteiger partial charge in [0, 0.05) is 45.2 Å². The zero-order chi connectivity index (χ0) is 21.4. The van der Waals surface area contributed by atoms with Crippen molar-refractivity contribution in [3.05, 3.63) is 35.4 Å². The van der Waals surface area contributed by atoms with E-state index in [0.717, 1.165) is 24.1 Å². The third kappa shape index (κ3) is 7.32. The summed E-state index contributed by atoms with van der Waals surface area (Å²) in [6.07, 6.45) is 1.40. The summed E-state index contributed by atoms with van der Waals surface area (Å²) in [7, 11) is -1.70. The predicted molar refractivity (Wildman–Crippen MR) is 116 cm³/mol. The molecule has 3 N–H and O–H groups in total. The van der Waals surface area contributed by atoms with Gasteiger partial charge in [0.2, 0.25) is 15.9 Å². The summed E-state index contributed by atoms with van der Waals surface area (Å²) >= 11 is 0. The number of hydrogen-bond acceptors (Lipinski definition) is 4. The molecule has 1 aromatic rings. The highest BCUT2D eigenvalue weighted by Crippen LogP contribution is 2.13. The van der Waals surface area contributed by atoms with Crippen molar-refractivity contribution >= 4 is 21.9 Å². The van der Waals surface area contributed by atoms with Crippen LogP contribution in [0.1, 0.15) is 44.7 Å². The minimum absolute atomic E-state index is 0.0637. The molecule has 0 bridgehead atoms. The first kappa shape index (κ1) is 23.2. The Morgan fingerprint density at radius 3 is 2.59 bits per heavy atom. The van der Waals surface area contributed by atoms with Crippen molar-refractivity contribution in [1.29, 1.82) is 0 Å². The molecule has 1 saturated heterocycles. The van der Waals surface area contributed by atoms with Gasteiger partial charge in [-0.15, -0.1) is 0 Å². The molecular weight excluding hydrogens is 390 g/mol. The van der Waals surface area contributed by atoms with Gasteiger partial charge in [0.05, 0.1) is 5.75 Å². The van der Waals surface area contributed by atoms with Crippen molar-refractivity contribution in [2.24, 2.45) is 4.99 Å². The maximum Gasteiger partial charge on any atom is 0.222 e. The highest BCUT2D eigenvalue weighted by molar-refractivity contribution is 7.88. The lowest BCUT2D eigenvalue weighted by Crippen LogP contribution is -2.44. The standard InChI is InChI=1S/C20H33N5O3S/c1-5-19(26)25-11-10-18(13-25)23-20(21-4)22-12-16-8-6-7-9-17(16)14-29(27,28)24-15(2)3/h6-9,15,18,24H,5,10-14H2,1-4H3,(H2,21,22,23). The van der Waals surface area contributed by atoms with Crippen LogP contribution in [0.2, 0.25) is 0 Å². The summed E-state index contributed by atoms with van der Waals surface area (Å²) in [6, 6.07) is 7.50. The Bertz CT molecular complexity index is 823. The van der Waals surface area contributed by atoms with Crippen LogP contribution >= 0.6 is 0 Å². The lowest BCUT2D eigenvalue weighted by atomic mass is 10.1. The second-order valence-electron chi connectivity index (χ2n) is 7.55. The number of aliphatic imine (C=N–C) groups is 1. The van der Waals surface area contributed by atoms with Gasteiger partial charge in [0.1, 0.15) is 0 Å². The lowest BCUT2D eigenvalue weighted by molar-refractivity contribution is -0.129. The fourth-order valence-electron chi connectivity index (χ4n) is 3.37. The molecule has 1 heterocycles. The van der Waals surface area contributed by atoms with E-state index in [-0.39, 0.29) is 23.7 Å². The summed E-state index contributed by atoms with van der Waals surface area (Å²) in [5.74, 6) is 0.743. The van der Waals surface area contributed by atoms with Gasteiger partial charge in [0.25, 0.3) is 0 Å². The summed E-state index contributed by atoms with van der Waals surface area (Å²) in [4.78, 5) is 18.0. The van der Waals surface area contributed by atoms with Crippen LogP contribution in [-0.4, -0.2) is 57.4 Å². The van der Waals surface area contributed by atoms with Crippen LogP contribution in [0.3, 0.4) is 0 Å². The summed E-state index contributed by atoms with van der Waals surface area (Å²) in [5.41, 5.74) is 1.66. The van der Waals surface area contributed by atoms with E-state index in [1.54, 1.807) is 20.9 Å².